The van der Waals surface area contributed by atoms with E-state index in [2.05, 4.69) is 28.1 Å². The Morgan fingerprint density at radius 1 is 0.926 bits per heavy atom. The summed E-state index contributed by atoms with van der Waals surface area (Å²) in [6, 6.07) is 5.97. The third kappa shape index (κ3) is 2.38. The van der Waals surface area contributed by atoms with Crippen molar-refractivity contribution in [1.82, 2.24) is 4.48 Å². The first kappa shape index (κ1) is 18.4. The van der Waals surface area contributed by atoms with Gasteiger partial charge in [0.1, 0.15) is 5.71 Å². The van der Waals surface area contributed by atoms with Gasteiger partial charge in [-0.15, -0.1) is 0 Å². The van der Waals surface area contributed by atoms with Crippen LogP contribution in [-0.2, 0) is 0 Å². The summed E-state index contributed by atoms with van der Waals surface area (Å²) in [6.07, 6.45) is 1.87. The molecule has 3 heterocycles. The number of benzene rings is 1. The number of fused-ring (bicyclic) bond motifs is 2. The van der Waals surface area contributed by atoms with E-state index in [9.17, 15) is 0 Å². The van der Waals surface area contributed by atoms with E-state index in [0.717, 1.165) is 37.9 Å². The number of aryl methyl sites for hydroxylation is 4. The van der Waals surface area contributed by atoms with Gasteiger partial charge in [0.05, 0.1) is 5.57 Å². The largest absolute Gasteiger partial charge is 0.737 e. The van der Waals surface area contributed by atoms with E-state index in [0.29, 0.717) is 22.8 Å². The summed E-state index contributed by atoms with van der Waals surface area (Å²) < 4.78 is 34.8. The van der Waals surface area contributed by atoms with Gasteiger partial charge in [0.15, 0.2) is 5.70 Å². The highest BCUT2D eigenvalue weighted by atomic mass is 79.9. The second-order valence-corrected chi connectivity index (χ2v) is 8.67. The Labute approximate surface area is 167 Å². The van der Waals surface area contributed by atoms with Crippen LogP contribution in [0.5, 0.6) is 0 Å². The maximum absolute atomic E-state index is 15.7. The first-order valence-corrected chi connectivity index (χ1v) is 9.89. The Morgan fingerprint density at radius 2 is 1.52 bits per heavy atom. The van der Waals surface area contributed by atoms with Gasteiger partial charge < -0.3 is 17.6 Å². The van der Waals surface area contributed by atoms with Crippen molar-refractivity contribution in [2.45, 2.75) is 41.5 Å². The lowest BCUT2D eigenvalue weighted by atomic mass is 9.81. The zero-order valence-electron chi connectivity index (χ0n) is 16.4. The fourth-order valence-corrected chi connectivity index (χ4v) is 5.53. The number of aromatic nitrogens is 1. The molecule has 140 valence electrons. The molecule has 0 saturated heterocycles. The van der Waals surface area contributed by atoms with Crippen LogP contribution in [-0.4, -0.2) is 21.6 Å². The van der Waals surface area contributed by atoms with Crippen molar-refractivity contribution >= 4 is 34.2 Å². The topological polar surface area (TPSA) is 7.94 Å². The molecule has 0 bridgehead atoms. The molecular weight excluding hydrogens is 409 g/mol. The molecule has 2 nitrogen and oxygen atoms in total. The van der Waals surface area contributed by atoms with Crippen LogP contribution in [0.2, 0.25) is 0 Å². The summed E-state index contributed by atoms with van der Waals surface area (Å²) in [4.78, 5) is 0. The Kier molecular flexibility index (Phi) is 3.94. The van der Waals surface area contributed by atoms with Gasteiger partial charge >= 0.3 is 6.97 Å². The third-order valence-corrected chi connectivity index (χ3v) is 6.14. The summed E-state index contributed by atoms with van der Waals surface area (Å²) in [5, 5.41) is 0. The van der Waals surface area contributed by atoms with Gasteiger partial charge in [0.25, 0.3) is 0 Å². The molecule has 0 N–H and O–H groups in total. The number of allylic oxidation sites excluding steroid dienone is 2. The van der Waals surface area contributed by atoms with Gasteiger partial charge in [-0.1, -0.05) is 15.9 Å². The van der Waals surface area contributed by atoms with E-state index >= 15 is 8.63 Å². The SMILES string of the molecule is CC1=CC(C)=[N+]2C1=C(c1c(C)cc(Br)cc1C)c1c(C)cc(C)n1[B-]2(F)F. The summed E-state index contributed by atoms with van der Waals surface area (Å²) in [7, 11) is 0. The number of halogens is 3. The molecule has 27 heavy (non-hydrogen) atoms. The fourth-order valence-electron chi connectivity index (χ4n) is 4.84. The van der Waals surface area contributed by atoms with Gasteiger partial charge in [-0.05, 0) is 80.8 Å². The van der Waals surface area contributed by atoms with Crippen molar-refractivity contribution in [2.24, 2.45) is 0 Å². The van der Waals surface area contributed by atoms with Crippen molar-refractivity contribution in [3.8, 4) is 0 Å². The number of hydrogen-bond donors (Lipinski definition) is 0. The number of hydrogen-bond acceptors (Lipinski definition) is 0. The summed E-state index contributed by atoms with van der Waals surface area (Å²) in [5.74, 6) is 0. The monoisotopic (exact) mass is 430 g/mol. The minimum Gasteiger partial charge on any atom is -0.393 e. The van der Waals surface area contributed by atoms with Gasteiger partial charge in [0.2, 0.25) is 0 Å². The molecule has 1 aromatic carbocycles. The smallest absolute Gasteiger partial charge is 0.393 e. The highest BCUT2D eigenvalue weighted by Crippen LogP contribution is 2.45. The molecule has 0 atom stereocenters. The standard InChI is InChI=1S/C21H22BBrF2N2/c1-11-9-17(23)10-12(2)18(11)19-20-13(3)7-15(5)26(20)22(24,25)27-16(6)8-14(4)21(19)27/h7-10H,1-6H3. The van der Waals surface area contributed by atoms with Gasteiger partial charge in [-0.25, -0.2) is 0 Å². The second kappa shape index (κ2) is 5.77. The molecule has 1 aromatic heterocycles. The highest BCUT2D eigenvalue weighted by molar-refractivity contribution is 9.10. The predicted octanol–water partition coefficient (Wildman–Crippen LogP) is 5.91. The highest BCUT2D eigenvalue weighted by Gasteiger charge is 2.55. The summed E-state index contributed by atoms with van der Waals surface area (Å²) >= 11 is 3.55. The molecule has 0 unspecified atom stereocenters. The van der Waals surface area contributed by atoms with E-state index in [-0.39, 0.29) is 0 Å². The first-order chi connectivity index (χ1) is 12.6. The molecule has 0 fully saturated rings. The lowest BCUT2D eigenvalue weighted by Crippen LogP contribution is -2.51. The van der Waals surface area contributed by atoms with Crippen molar-refractivity contribution in [2.75, 3.05) is 0 Å². The van der Waals surface area contributed by atoms with Crippen LogP contribution in [0.25, 0.3) is 5.57 Å². The lowest BCUT2D eigenvalue weighted by molar-refractivity contribution is -0.363. The molecule has 0 spiro atoms. The van der Waals surface area contributed by atoms with E-state index in [1.54, 1.807) is 13.8 Å². The molecule has 2 aliphatic rings. The molecule has 0 aliphatic carbocycles. The Balaban J connectivity index is 2.23. The van der Waals surface area contributed by atoms with Crippen LogP contribution in [0, 0.1) is 27.7 Å². The fraction of sp³-hybridized carbons (Fsp3) is 0.286. The Bertz CT molecular complexity index is 1100. The predicted molar refractivity (Wildman–Crippen MR) is 112 cm³/mol. The second-order valence-electron chi connectivity index (χ2n) is 7.75. The zero-order chi connectivity index (χ0) is 19.8. The van der Waals surface area contributed by atoms with Crippen LogP contribution >= 0.6 is 15.9 Å². The molecule has 6 heteroatoms. The average molecular weight is 431 g/mol. The van der Waals surface area contributed by atoms with E-state index in [1.807, 2.05) is 39.8 Å². The minimum atomic E-state index is -3.93. The summed E-state index contributed by atoms with van der Waals surface area (Å²) in [5.41, 5.74) is 8.32. The van der Waals surface area contributed by atoms with Gasteiger partial charge in [0, 0.05) is 28.7 Å². The number of nitrogens with zero attached hydrogens (tertiary/aromatic N) is 2. The first-order valence-electron chi connectivity index (χ1n) is 9.10. The van der Waals surface area contributed by atoms with Crippen LogP contribution < -0.4 is 0 Å². The zero-order valence-corrected chi connectivity index (χ0v) is 18.0. The van der Waals surface area contributed by atoms with E-state index in [4.69, 9.17) is 0 Å². The summed E-state index contributed by atoms with van der Waals surface area (Å²) in [6.45, 7) is 7.54. The number of rotatable bonds is 1. The van der Waals surface area contributed by atoms with Crippen LogP contribution in [0.4, 0.5) is 8.63 Å². The van der Waals surface area contributed by atoms with Crippen molar-refractivity contribution in [1.29, 1.82) is 0 Å². The molecule has 4 rings (SSSR count). The maximum atomic E-state index is 15.7. The average Bonchev–Trinajstić information content (AvgIpc) is 2.99. The molecule has 2 aliphatic heterocycles. The molecule has 0 radical (unpaired) electrons. The molecule has 0 amide bonds. The van der Waals surface area contributed by atoms with Crippen molar-refractivity contribution < 1.29 is 13.1 Å². The van der Waals surface area contributed by atoms with Gasteiger partial charge in [-0.2, -0.15) is 0 Å². The van der Waals surface area contributed by atoms with Gasteiger partial charge in [-0.3, -0.25) is 0 Å². The molecule has 2 aromatic rings. The van der Waals surface area contributed by atoms with Crippen LogP contribution in [0.1, 0.15) is 47.5 Å². The van der Waals surface area contributed by atoms with Crippen LogP contribution in [0.15, 0.2) is 40.0 Å². The third-order valence-electron chi connectivity index (χ3n) is 5.68. The molecule has 0 saturated carbocycles. The normalized spacial score (nSPS) is 18.0. The quantitative estimate of drug-likeness (QED) is 0.496. The van der Waals surface area contributed by atoms with Crippen molar-refractivity contribution in [3.05, 3.63) is 73.7 Å². The Morgan fingerprint density at radius 3 is 2.11 bits per heavy atom. The Hall–Kier alpha value is -1.95. The van der Waals surface area contributed by atoms with E-state index < -0.39 is 6.97 Å². The van der Waals surface area contributed by atoms with E-state index in [1.165, 1.54) is 8.96 Å². The molecular formula is C21H22BBrF2N2. The maximum Gasteiger partial charge on any atom is 0.737 e. The van der Waals surface area contributed by atoms with Crippen LogP contribution in [0.3, 0.4) is 0 Å². The van der Waals surface area contributed by atoms with Crippen molar-refractivity contribution in [3.63, 3.8) is 0 Å². The minimum absolute atomic E-state index is 0.592. The lowest BCUT2D eigenvalue weighted by Gasteiger charge is -2.34.